The molecule has 0 aromatic carbocycles. The Balaban J connectivity index is 0.000000861. The fraction of sp³-hybridized carbons (Fsp3) is 0.684. The van der Waals surface area contributed by atoms with Gasteiger partial charge in [0.05, 0.1) is 26.3 Å². The van der Waals surface area contributed by atoms with Crippen LogP contribution in [0.2, 0.25) is 0 Å². The van der Waals surface area contributed by atoms with Gasteiger partial charge in [0, 0.05) is 51.4 Å². The largest absolute Gasteiger partial charge is 0.468 e. The molecular formula is C38H68N6O12S3. The normalized spacial score (nSPS) is 20.4. The van der Waals surface area contributed by atoms with Gasteiger partial charge in [-0.05, 0) is 68.2 Å². The Morgan fingerprint density at radius 3 is 1.29 bits per heavy atom. The number of esters is 2. The van der Waals surface area contributed by atoms with Gasteiger partial charge in [0.2, 0.25) is 0 Å². The second-order valence-corrected chi connectivity index (χ2v) is 19.4. The molecule has 6 atom stereocenters. The monoisotopic (exact) mass is 896 g/mol. The Morgan fingerprint density at radius 1 is 0.627 bits per heavy atom. The Kier molecular flexibility index (Phi) is 24.2. The Bertz CT molecular complexity index is 1790. The molecule has 0 fully saturated rings. The molecule has 0 aromatic rings. The maximum Gasteiger partial charge on any atom is 0.323 e. The van der Waals surface area contributed by atoms with E-state index in [0.29, 0.717) is 13.1 Å². The van der Waals surface area contributed by atoms with Crippen LogP contribution in [0.4, 0.5) is 0 Å². The molecule has 18 nitrogen and oxygen atoms in total. The van der Waals surface area contributed by atoms with E-state index in [1.807, 2.05) is 39.8 Å². The van der Waals surface area contributed by atoms with E-state index in [1.54, 1.807) is 20.8 Å². The molecule has 6 unspecified atom stereocenters. The van der Waals surface area contributed by atoms with Crippen LogP contribution in [0.1, 0.15) is 82.1 Å². The van der Waals surface area contributed by atoms with Crippen LogP contribution in [0.15, 0.2) is 49.6 Å². The van der Waals surface area contributed by atoms with Crippen molar-refractivity contribution in [2.75, 3.05) is 53.5 Å². The molecule has 2 heterocycles. The smallest absolute Gasteiger partial charge is 0.323 e. The average molecular weight is 897 g/mol. The van der Waals surface area contributed by atoms with E-state index in [0.717, 1.165) is 30.1 Å². The van der Waals surface area contributed by atoms with E-state index in [-0.39, 0.29) is 49.8 Å². The van der Waals surface area contributed by atoms with Crippen LogP contribution in [0.25, 0.3) is 0 Å². The van der Waals surface area contributed by atoms with Gasteiger partial charge >= 0.3 is 11.9 Å². The number of Topliss-reactive ketones (excluding diaryl/α,β-unsaturated/α-hetero) is 2. The number of carbonyl (C=O) groups excluding carboxylic acids is 4. The SMILES string of the molecule is C=CCN(C(C)C(C)=O)S(=O)(=O)N(CC=C)C(C)C(=O)OC.CCC(C)N1CC=CCN(C(C)CC)S1(=O)=O.COC(=O)C(C)N1CC=CCN(C(C)C(C)=O)S1(=O)=O. The van der Waals surface area contributed by atoms with Gasteiger partial charge in [-0.15, -0.1) is 13.2 Å². The molecule has 2 rings (SSSR count). The van der Waals surface area contributed by atoms with Gasteiger partial charge in [-0.25, -0.2) is 0 Å². The molecule has 21 heteroatoms. The van der Waals surface area contributed by atoms with Crippen LogP contribution in [-0.4, -0.2) is 164 Å². The molecule has 0 N–H and O–H groups in total. The third-order valence-corrected chi connectivity index (χ3v) is 16.5. The summed E-state index contributed by atoms with van der Waals surface area (Å²) in [6.07, 6.45) is 11.6. The zero-order valence-corrected chi connectivity index (χ0v) is 39.3. The molecule has 0 aromatic heterocycles. The molecule has 2 aliphatic heterocycles. The quantitative estimate of drug-likeness (QED) is 0.144. The predicted molar refractivity (Wildman–Crippen MR) is 228 cm³/mol. The number of carbonyl (C=O) groups is 4. The molecule has 0 saturated heterocycles. The summed E-state index contributed by atoms with van der Waals surface area (Å²) in [5, 5.41) is 0. The van der Waals surface area contributed by atoms with Crippen molar-refractivity contribution in [3.05, 3.63) is 49.6 Å². The maximum absolute atomic E-state index is 12.8. The molecule has 0 saturated carbocycles. The fourth-order valence-corrected chi connectivity index (χ4v) is 11.3. The van der Waals surface area contributed by atoms with Crippen molar-refractivity contribution < 1.29 is 53.9 Å². The van der Waals surface area contributed by atoms with E-state index in [2.05, 4.69) is 22.6 Å². The molecule has 2 aliphatic rings. The summed E-state index contributed by atoms with van der Waals surface area (Å²) >= 11 is 0. The van der Waals surface area contributed by atoms with Crippen molar-refractivity contribution in [2.45, 2.75) is 118 Å². The number of ether oxygens (including phenoxy) is 2. The second kappa shape index (κ2) is 25.6. The number of hydrogen-bond donors (Lipinski definition) is 0. The lowest BCUT2D eigenvalue weighted by molar-refractivity contribution is -0.145. The van der Waals surface area contributed by atoms with Gasteiger partial charge in [-0.2, -0.15) is 51.1 Å². The third kappa shape index (κ3) is 15.1. The van der Waals surface area contributed by atoms with E-state index >= 15 is 0 Å². The van der Waals surface area contributed by atoms with Crippen LogP contribution < -0.4 is 0 Å². The first-order valence-electron chi connectivity index (χ1n) is 19.4. The number of methoxy groups -OCH3 is 2. The van der Waals surface area contributed by atoms with E-state index in [1.165, 1.54) is 67.9 Å². The van der Waals surface area contributed by atoms with E-state index in [4.69, 9.17) is 0 Å². The van der Waals surface area contributed by atoms with E-state index < -0.39 is 66.7 Å². The van der Waals surface area contributed by atoms with Crippen LogP contribution in [0.5, 0.6) is 0 Å². The highest BCUT2D eigenvalue weighted by atomic mass is 32.2. The lowest BCUT2D eigenvalue weighted by atomic mass is 10.2. The Labute approximate surface area is 354 Å². The van der Waals surface area contributed by atoms with Gasteiger partial charge in [0.25, 0.3) is 30.6 Å². The summed E-state index contributed by atoms with van der Waals surface area (Å²) < 4.78 is 92.3. The highest BCUT2D eigenvalue weighted by Gasteiger charge is 2.41. The first-order valence-corrected chi connectivity index (χ1v) is 23.6. The minimum absolute atomic E-state index is 0.0503. The Hall–Kier alpha value is -3.15. The predicted octanol–water partition coefficient (Wildman–Crippen LogP) is 2.69. The van der Waals surface area contributed by atoms with Crippen LogP contribution >= 0.6 is 0 Å². The van der Waals surface area contributed by atoms with Crippen molar-refractivity contribution in [2.24, 2.45) is 0 Å². The Morgan fingerprint density at radius 2 is 0.966 bits per heavy atom. The first-order chi connectivity index (χ1) is 27.3. The first kappa shape index (κ1) is 55.9. The van der Waals surface area contributed by atoms with Crippen molar-refractivity contribution in [1.29, 1.82) is 0 Å². The van der Waals surface area contributed by atoms with Crippen molar-refractivity contribution >= 4 is 54.1 Å². The standard InChI is InChI=1S/C14H24N2O5S.C12H20N2O5S.C12H24N2O2S/c1-7-9-15(11(3)13(5)17)22(19,20)16(10-8-2)12(4)14(18)21-6;1-9(11(3)15)13-7-5-6-8-14(20(13,17)18)10(2)12(16)19-4;1-5-11(3)13-9-7-8-10-14(12(4)6-2)17(13,15)16/h7-8,11-12H,1-2,9-10H2,3-6H3;5-6,9-10H,7-8H2,1-4H3;7-8,11-12H,5-6,9-10H2,1-4H3. The number of rotatable bonds is 18. The van der Waals surface area contributed by atoms with Crippen LogP contribution in [0.3, 0.4) is 0 Å². The maximum atomic E-state index is 12.8. The highest BCUT2D eigenvalue weighted by molar-refractivity contribution is 7.87. The number of ketones is 2. The summed E-state index contributed by atoms with van der Waals surface area (Å²) in [6, 6.07) is -3.55. The van der Waals surface area contributed by atoms with E-state index in [9.17, 15) is 44.4 Å². The fourth-order valence-electron chi connectivity index (χ4n) is 5.57. The summed E-state index contributed by atoms with van der Waals surface area (Å²) in [7, 11) is -8.94. The van der Waals surface area contributed by atoms with Gasteiger partial charge in [0.15, 0.2) is 0 Å². The average Bonchev–Trinajstić information content (AvgIpc) is 3.45. The number of nitrogens with zero attached hydrogens (tertiary/aromatic N) is 6. The number of hydrogen-bond acceptors (Lipinski definition) is 12. The summed E-state index contributed by atoms with van der Waals surface area (Å²) in [6.45, 7) is 24.5. The topological polar surface area (TPSA) is 209 Å². The highest BCUT2D eigenvalue weighted by Crippen LogP contribution is 2.22. The van der Waals surface area contributed by atoms with Gasteiger partial charge in [-0.3, -0.25) is 19.2 Å². The molecule has 59 heavy (non-hydrogen) atoms. The summed E-state index contributed by atoms with van der Waals surface area (Å²) in [5.74, 6) is -1.90. The van der Waals surface area contributed by atoms with Crippen molar-refractivity contribution in [3.63, 3.8) is 0 Å². The molecule has 0 aliphatic carbocycles. The van der Waals surface area contributed by atoms with Crippen molar-refractivity contribution in [1.82, 2.24) is 25.8 Å². The minimum Gasteiger partial charge on any atom is -0.468 e. The summed E-state index contributed by atoms with van der Waals surface area (Å²) in [4.78, 5) is 46.3. The molecule has 0 bridgehead atoms. The van der Waals surface area contributed by atoms with Crippen LogP contribution in [-0.2, 0) is 59.3 Å². The zero-order valence-electron chi connectivity index (χ0n) is 36.8. The lowest BCUT2D eigenvalue weighted by Gasteiger charge is -2.33. The lowest BCUT2D eigenvalue weighted by Crippen LogP contribution is -2.54. The molecule has 0 amide bonds. The molecular weight excluding hydrogens is 829 g/mol. The van der Waals surface area contributed by atoms with Crippen molar-refractivity contribution in [3.8, 4) is 0 Å². The molecule has 340 valence electrons. The van der Waals surface area contributed by atoms with Gasteiger partial charge in [0.1, 0.15) is 23.7 Å². The third-order valence-electron chi connectivity index (χ3n) is 10.0. The van der Waals surface area contributed by atoms with Crippen LogP contribution in [0, 0.1) is 0 Å². The zero-order chi connectivity index (χ0) is 46.1. The molecule has 0 radical (unpaired) electrons. The minimum atomic E-state index is -4.08. The summed E-state index contributed by atoms with van der Waals surface area (Å²) in [5.41, 5.74) is 0. The molecule has 0 spiro atoms. The second-order valence-electron chi connectivity index (χ2n) is 13.9. The van der Waals surface area contributed by atoms with Gasteiger partial charge < -0.3 is 9.47 Å². The van der Waals surface area contributed by atoms with Gasteiger partial charge in [-0.1, -0.05) is 50.3 Å².